The van der Waals surface area contributed by atoms with Gasteiger partial charge in [-0.1, -0.05) is 0 Å². The third kappa shape index (κ3) is 2.25. The molecular weight excluding hydrogens is 202 g/mol. The lowest BCUT2D eigenvalue weighted by Crippen LogP contribution is -2.36. The Morgan fingerprint density at radius 3 is 2.88 bits per heavy atom. The zero-order valence-electron chi connectivity index (χ0n) is 10.4. The summed E-state index contributed by atoms with van der Waals surface area (Å²) >= 11 is 0. The second kappa shape index (κ2) is 4.93. The summed E-state index contributed by atoms with van der Waals surface area (Å²) in [4.78, 5) is 2.50. The Bertz CT molecular complexity index is 346. The molecule has 0 aromatic carbocycles. The van der Waals surface area contributed by atoms with Gasteiger partial charge in [-0.05, 0) is 33.4 Å². The van der Waals surface area contributed by atoms with Crippen LogP contribution in [-0.4, -0.2) is 45.8 Å². The van der Waals surface area contributed by atoms with Gasteiger partial charge in [0, 0.05) is 19.6 Å². The molecule has 1 aliphatic rings. The van der Waals surface area contributed by atoms with Crippen molar-refractivity contribution in [2.45, 2.75) is 32.4 Å². The lowest BCUT2D eigenvalue weighted by Gasteiger charge is -2.23. The van der Waals surface area contributed by atoms with Crippen LogP contribution in [0.5, 0.6) is 0 Å². The van der Waals surface area contributed by atoms with Crippen LogP contribution >= 0.6 is 0 Å². The minimum atomic E-state index is 0.655. The molecule has 2 heterocycles. The Hall–Kier alpha value is -0.940. The third-order valence-electron chi connectivity index (χ3n) is 3.47. The quantitative estimate of drug-likeness (QED) is 0.798. The summed E-state index contributed by atoms with van der Waals surface area (Å²) in [5.41, 5.74) is 0. The van der Waals surface area contributed by atoms with E-state index in [1.165, 1.54) is 19.4 Å². The van der Waals surface area contributed by atoms with E-state index in [-0.39, 0.29) is 0 Å². The van der Waals surface area contributed by atoms with Crippen molar-refractivity contribution >= 4 is 0 Å². The molecule has 5 nitrogen and oxygen atoms in total. The van der Waals surface area contributed by atoms with E-state index in [4.69, 9.17) is 0 Å². The normalized spacial score (nSPS) is 21.8. The molecule has 5 heteroatoms. The molecule has 0 saturated carbocycles. The molecule has 1 saturated heterocycles. The minimum absolute atomic E-state index is 0.655. The Morgan fingerprint density at radius 1 is 1.44 bits per heavy atom. The summed E-state index contributed by atoms with van der Waals surface area (Å²) in [6.07, 6.45) is 2.58. The highest BCUT2D eigenvalue weighted by Gasteiger charge is 2.25. The summed E-state index contributed by atoms with van der Waals surface area (Å²) < 4.78 is 2.08. The standard InChI is InChI=1S/C11H21N5/c1-9-13-14-11(15(9)3)8-16-6-4-5-10(16)7-12-2/h10,12H,4-8H2,1-3H3. The predicted octanol–water partition coefficient (Wildman–Crippen LogP) is 0.307. The summed E-state index contributed by atoms with van der Waals surface area (Å²) in [5.74, 6) is 2.06. The van der Waals surface area contributed by atoms with Gasteiger partial charge in [0.2, 0.25) is 0 Å². The molecule has 1 N–H and O–H groups in total. The monoisotopic (exact) mass is 223 g/mol. The Morgan fingerprint density at radius 2 is 2.25 bits per heavy atom. The number of likely N-dealkylation sites (tertiary alicyclic amines) is 1. The lowest BCUT2D eigenvalue weighted by atomic mass is 10.2. The Kier molecular flexibility index (Phi) is 3.56. The second-order valence-electron chi connectivity index (χ2n) is 4.55. The van der Waals surface area contributed by atoms with E-state index in [2.05, 4.69) is 25.0 Å². The van der Waals surface area contributed by atoms with Gasteiger partial charge in [0.25, 0.3) is 0 Å². The highest BCUT2D eigenvalue weighted by Crippen LogP contribution is 2.18. The van der Waals surface area contributed by atoms with Crippen LogP contribution in [0.15, 0.2) is 0 Å². The topological polar surface area (TPSA) is 46.0 Å². The van der Waals surface area contributed by atoms with Gasteiger partial charge in [-0.25, -0.2) is 0 Å². The summed E-state index contributed by atoms with van der Waals surface area (Å²) in [5, 5.41) is 11.6. The van der Waals surface area contributed by atoms with Crippen molar-refractivity contribution in [3.63, 3.8) is 0 Å². The maximum atomic E-state index is 4.22. The van der Waals surface area contributed by atoms with Crippen molar-refractivity contribution in [1.82, 2.24) is 25.0 Å². The Labute approximate surface area is 96.8 Å². The van der Waals surface area contributed by atoms with Gasteiger partial charge in [-0.15, -0.1) is 10.2 Å². The number of hydrogen-bond donors (Lipinski definition) is 1. The van der Waals surface area contributed by atoms with Crippen molar-refractivity contribution in [2.75, 3.05) is 20.1 Å². The molecule has 0 radical (unpaired) electrons. The first-order chi connectivity index (χ1) is 7.72. The van der Waals surface area contributed by atoms with Gasteiger partial charge in [-0.2, -0.15) is 0 Å². The van der Waals surface area contributed by atoms with Crippen molar-refractivity contribution in [1.29, 1.82) is 0 Å². The number of aromatic nitrogens is 3. The molecule has 1 fully saturated rings. The van der Waals surface area contributed by atoms with E-state index in [9.17, 15) is 0 Å². The largest absolute Gasteiger partial charge is 0.318 e. The molecule has 1 unspecified atom stereocenters. The smallest absolute Gasteiger partial charge is 0.146 e. The molecule has 0 aliphatic carbocycles. The number of nitrogens with zero attached hydrogens (tertiary/aromatic N) is 4. The molecule has 2 rings (SSSR count). The van der Waals surface area contributed by atoms with E-state index >= 15 is 0 Å². The first-order valence-corrected chi connectivity index (χ1v) is 5.96. The maximum absolute atomic E-state index is 4.22. The highest BCUT2D eigenvalue weighted by molar-refractivity contribution is 4.94. The number of hydrogen-bond acceptors (Lipinski definition) is 4. The van der Waals surface area contributed by atoms with Crippen LogP contribution in [0.1, 0.15) is 24.5 Å². The van der Waals surface area contributed by atoms with Crippen LogP contribution in [0, 0.1) is 6.92 Å². The van der Waals surface area contributed by atoms with E-state index in [1.54, 1.807) is 0 Å². The summed E-state index contributed by atoms with van der Waals surface area (Å²) in [6, 6.07) is 0.655. The molecule has 0 bridgehead atoms. The summed E-state index contributed by atoms with van der Waals surface area (Å²) in [6.45, 7) is 5.16. The number of rotatable bonds is 4. The van der Waals surface area contributed by atoms with Gasteiger partial charge < -0.3 is 9.88 Å². The summed E-state index contributed by atoms with van der Waals surface area (Å²) in [7, 11) is 4.05. The fourth-order valence-electron chi connectivity index (χ4n) is 2.34. The third-order valence-corrected chi connectivity index (χ3v) is 3.47. The second-order valence-corrected chi connectivity index (χ2v) is 4.55. The predicted molar refractivity (Wildman–Crippen MR) is 63.1 cm³/mol. The van der Waals surface area contributed by atoms with Crippen molar-refractivity contribution in [3.8, 4) is 0 Å². The van der Waals surface area contributed by atoms with Gasteiger partial charge >= 0.3 is 0 Å². The average molecular weight is 223 g/mol. The van der Waals surface area contributed by atoms with E-state index in [0.717, 1.165) is 24.7 Å². The Balaban J connectivity index is 2.01. The lowest BCUT2D eigenvalue weighted by molar-refractivity contribution is 0.234. The molecule has 1 aliphatic heterocycles. The van der Waals surface area contributed by atoms with Gasteiger partial charge in [0.05, 0.1) is 6.54 Å². The molecular formula is C11H21N5. The average Bonchev–Trinajstić information content (AvgIpc) is 2.82. The van der Waals surface area contributed by atoms with Gasteiger partial charge in [0.1, 0.15) is 11.6 Å². The van der Waals surface area contributed by atoms with E-state index in [0.29, 0.717) is 6.04 Å². The molecule has 1 atom stereocenters. The maximum Gasteiger partial charge on any atom is 0.146 e. The van der Waals surface area contributed by atoms with Gasteiger partial charge in [0.15, 0.2) is 0 Å². The van der Waals surface area contributed by atoms with Crippen molar-refractivity contribution < 1.29 is 0 Å². The number of likely N-dealkylation sites (N-methyl/N-ethyl adjacent to an activating group) is 1. The molecule has 90 valence electrons. The van der Waals surface area contributed by atoms with Crippen LogP contribution in [0.4, 0.5) is 0 Å². The van der Waals surface area contributed by atoms with E-state index in [1.807, 2.05) is 21.0 Å². The van der Waals surface area contributed by atoms with E-state index < -0.39 is 0 Å². The first kappa shape index (κ1) is 11.5. The van der Waals surface area contributed by atoms with Crippen molar-refractivity contribution in [2.24, 2.45) is 7.05 Å². The fraction of sp³-hybridized carbons (Fsp3) is 0.818. The zero-order valence-corrected chi connectivity index (χ0v) is 10.4. The van der Waals surface area contributed by atoms with Crippen LogP contribution in [0.25, 0.3) is 0 Å². The molecule has 0 spiro atoms. The van der Waals surface area contributed by atoms with Gasteiger partial charge in [-0.3, -0.25) is 4.90 Å². The van der Waals surface area contributed by atoms with Crippen LogP contribution in [-0.2, 0) is 13.6 Å². The molecule has 16 heavy (non-hydrogen) atoms. The number of aryl methyl sites for hydroxylation is 1. The SMILES string of the molecule is CNCC1CCCN1Cc1nnc(C)n1C. The molecule has 0 amide bonds. The first-order valence-electron chi connectivity index (χ1n) is 5.96. The highest BCUT2D eigenvalue weighted by atomic mass is 15.3. The molecule has 1 aromatic heterocycles. The minimum Gasteiger partial charge on any atom is -0.318 e. The fourth-order valence-corrected chi connectivity index (χ4v) is 2.34. The van der Waals surface area contributed by atoms with Crippen LogP contribution < -0.4 is 5.32 Å². The zero-order chi connectivity index (χ0) is 11.5. The number of nitrogens with one attached hydrogen (secondary N) is 1. The van der Waals surface area contributed by atoms with Crippen molar-refractivity contribution in [3.05, 3.63) is 11.6 Å². The van der Waals surface area contributed by atoms with Crippen LogP contribution in [0.2, 0.25) is 0 Å². The van der Waals surface area contributed by atoms with Crippen LogP contribution in [0.3, 0.4) is 0 Å². The molecule has 1 aromatic rings.